The molecule has 0 saturated carbocycles. The Bertz CT molecular complexity index is 1630. The third-order valence-electron chi connectivity index (χ3n) is 5.84. The van der Waals surface area contributed by atoms with Crippen molar-refractivity contribution in [3.8, 4) is 22.8 Å². The number of fused-ring (bicyclic) bond motifs is 1. The van der Waals surface area contributed by atoms with E-state index in [-0.39, 0.29) is 49.3 Å². The van der Waals surface area contributed by atoms with Gasteiger partial charge in [-0.3, -0.25) is 4.72 Å². The van der Waals surface area contributed by atoms with Crippen LogP contribution in [0.1, 0.15) is 24.2 Å². The van der Waals surface area contributed by atoms with Gasteiger partial charge in [0.2, 0.25) is 0 Å². The van der Waals surface area contributed by atoms with Crippen LogP contribution in [0.2, 0.25) is 0 Å². The lowest BCUT2D eigenvalue weighted by Gasteiger charge is -2.15. The van der Waals surface area contributed by atoms with E-state index in [1.807, 2.05) is 12.1 Å². The first-order valence-electron chi connectivity index (χ1n) is 12.9. The van der Waals surface area contributed by atoms with E-state index in [1.54, 1.807) is 44.2 Å². The summed E-state index contributed by atoms with van der Waals surface area (Å²) >= 11 is 0. The van der Waals surface area contributed by atoms with Crippen LogP contribution in [0, 0.1) is 0 Å². The van der Waals surface area contributed by atoms with Crippen LogP contribution in [0.5, 0.6) is 11.5 Å². The molecule has 0 unspecified atom stereocenters. The number of sulfonamides is 1. The zero-order valence-corrected chi connectivity index (χ0v) is 23.5. The van der Waals surface area contributed by atoms with Gasteiger partial charge in [-0.2, -0.15) is 0 Å². The maximum atomic E-state index is 13.1. The number of ether oxygens (including phenoxy) is 4. The molecular weight excluding hydrogens is 550 g/mol. The summed E-state index contributed by atoms with van der Waals surface area (Å²) in [5.74, 6) is -0.315. The van der Waals surface area contributed by atoms with E-state index in [9.17, 15) is 18.0 Å². The number of hydrogen-bond donors (Lipinski definition) is 3. The lowest BCUT2D eigenvalue weighted by molar-refractivity contribution is -0.145. The Balaban J connectivity index is 1.56. The number of aromatic nitrogens is 1. The van der Waals surface area contributed by atoms with E-state index in [0.717, 1.165) is 22.2 Å². The molecule has 0 amide bonds. The largest absolute Gasteiger partial charge is 0.490 e. The van der Waals surface area contributed by atoms with Crippen LogP contribution >= 0.6 is 0 Å². The molecule has 0 atom stereocenters. The topological polar surface area (TPSA) is 159 Å². The van der Waals surface area contributed by atoms with Gasteiger partial charge in [-0.15, -0.1) is 0 Å². The summed E-state index contributed by atoms with van der Waals surface area (Å²) < 4.78 is 49.9. The van der Waals surface area contributed by atoms with Crippen LogP contribution in [0.3, 0.4) is 0 Å². The lowest BCUT2D eigenvalue weighted by atomic mass is 10.1. The SMILES string of the molecule is CCOC(=O)COc1ccc(S(=O)(=O)Nc2ccc(-c3cc4ccc(C(=O)OCC)cc4[nH]3)cc2OCCN)cc1. The number of esters is 2. The molecule has 0 saturated heterocycles. The molecule has 0 spiro atoms. The predicted octanol–water partition coefficient (Wildman–Crippen LogP) is 4.09. The predicted molar refractivity (Wildman–Crippen MR) is 154 cm³/mol. The van der Waals surface area contributed by atoms with Gasteiger partial charge >= 0.3 is 11.9 Å². The third kappa shape index (κ3) is 7.35. The van der Waals surface area contributed by atoms with Gasteiger partial charge in [0.25, 0.3) is 10.0 Å². The number of nitrogens with two attached hydrogens (primary N) is 1. The number of nitrogens with one attached hydrogen (secondary N) is 2. The quantitative estimate of drug-likeness (QED) is 0.198. The fourth-order valence-corrected chi connectivity index (χ4v) is 5.02. The summed E-state index contributed by atoms with van der Waals surface area (Å²) in [5, 5.41) is 0.886. The zero-order chi connectivity index (χ0) is 29.4. The van der Waals surface area contributed by atoms with Gasteiger partial charge in [-0.1, -0.05) is 12.1 Å². The second-order valence-electron chi connectivity index (χ2n) is 8.72. The number of rotatable bonds is 13. The van der Waals surface area contributed by atoms with Crippen LogP contribution < -0.4 is 19.9 Å². The minimum absolute atomic E-state index is 0.0112. The van der Waals surface area contributed by atoms with Gasteiger partial charge in [0.1, 0.15) is 18.1 Å². The minimum Gasteiger partial charge on any atom is -0.490 e. The standard InChI is InChI=1S/C29H31N3O8S/c1-3-37-28(33)18-40-22-8-10-23(11-9-22)41(35,36)32-24-12-7-20(17-27(24)39-14-13-30)25-15-19-5-6-21(16-26(19)31-25)29(34)38-4-2/h5-12,15-17,31-32H,3-4,13-14,18,30H2,1-2H3. The molecule has 216 valence electrons. The second kappa shape index (κ2) is 13.2. The molecule has 11 nitrogen and oxygen atoms in total. The highest BCUT2D eigenvalue weighted by molar-refractivity contribution is 7.92. The Morgan fingerprint density at radius 2 is 1.66 bits per heavy atom. The molecule has 0 aliphatic rings. The molecule has 41 heavy (non-hydrogen) atoms. The highest BCUT2D eigenvalue weighted by Crippen LogP contribution is 2.34. The minimum atomic E-state index is -3.99. The van der Waals surface area contributed by atoms with Crippen LogP contribution in [-0.4, -0.2) is 58.3 Å². The Labute approximate surface area is 237 Å². The van der Waals surface area contributed by atoms with Crippen LogP contribution in [-0.2, 0) is 24.3 Å². The first-order chi connectivity index (χ1) is 19.7. The molecular formula is C29H31N3O8S. The van der Waals surface area contributed by atoms with Crippen molar-refractivity contribution in [2.24, 2.45) is 5.73 Å². The molecule has 1 aromatic heterocycles. The van der Waals surface area contributed by atoms with Crippen molar-refractivity contribution in [2.75, 3.05) is 37.7 Å². The number of carbonyl (C=O) groups is 2. The van der Waals surface area contributed by atoms with Crippen molar-refractivity contribution >= 4 is 38.6 Å². The highest BCUT2D eigenvalue weighted by Gasteiger charge is 2.19. The van der Waals surface area contributed by atoms with E-state index in [0.29, 0.717) is 11.3 Å². The van der Waals surface area contributed by atoms with E-state index < -0.39 is 22.0 Å². The number of benzene rings is 3. The number of aromatic amines is 1. The fourth-order valence-electron chi connectivity index (χ4n) is 3.95. The van der Waals surface area contributed by atoms with E-state index in [2.05, 4.69) is 9.71 Å². The Kier molecular flexibility index (Phi) is 9.48. The monoisotopic (exact) mass is 581 g/mol. The molecule has 12 heteroatoms. The lowest BCUT2D eigenvalue weighted by Crippen LogP contribution is -2.16. The Hall–Kier alpha value is -4.55. The van der Waals surface area contributed by atoms with Crippen LogP contribution in [0.15, 0.2) is 71.6 Å². The highest BCUT2D eigenvalue weighted by atomic mass is 32.2. The van der Waals surface area contributed by atoms with Crippen molar-refractivity contribution in [1.29, 1.82) is 0 Å². The summed E-state index contributed by atoms with van der Waals surface area (Å²) in [4.78, 5) is 26.9. The molecule has 0 aliphatic carbocycles. The number of H-pyrrole nitrogens is 1. The van der Waals surface area contributed by atoms with Gasteiger partial charge in [0.15, 0.2) is 6.61 Å². The second-order valence-corrected chi connectivity index (χ2v) is 10.4. The summed E-state index contributed by atoms with van der Waals surface area (Å²) in [6, 6.07) is 17.9. The number of carbonyl (C=O) groups excluding carboxylic acids is 2. The molecule has 0 aliphatic heterocycles. The summed E-state index contributed by atoms with van der Waals surface area (Å²) in [7, 11) is -3.99. The van der Waals surface area contributed by atoms with Gasteiger partial charge in [0, 0.05) is 28.7 Å². The Morgan fingerprint density at radius 1 is 0.902 bits per heavy atom. The first kappa shape index (κ1) is 29.4. The molecule has 3 aromatic carbocycles. The molecule has 4 rings (SSSR count). The van der Waals surface area contributed by atoms with E-state index in [4.69, 9.17) is 24.7 Å². The average molecular weight is 582 g/mol. The molecule has 1 heterocycles. The van der Waals surface area contributed by atoms with Gasteiger partial charge in [-0.05, 0) is 68.4 Å². The van der Waals surface area contributed by atoms with Crippen LogP contribution in [0.25, 0.3) is 22.2 Å². The smallest absolute Gasteiger partial charge is 0.344 e. The molecule has 4 aromatic rings. The van der Waals surface area contributed by atoms with Gasteiger partial charge < -0.3 is 29.7 Å². The Morgan fingerprint density at radius 3 is 2.37 bits per heavy atom. The average Bonchev–Trinajstić information content (AvgIpc) is 3.39. The summed E-state index contributed by atoms with van der Waals surface area (Å²) in [6.07, 6.45) is 0. The van der Waals surface area contributed by atoms with Crippen molar-refractivity contribution in [3.63, 3.8) is 0 Å². The van der Waals surface area contributed by atoms with Crippen molar-refractivity contribution in [1.82, 2.24) is 4.98 Å². The van der Waals surface area contributed by atoms with Crippen LogP contribution in [0.4, 0.5) is 5.69 Å². The maximum absolute atomic E-state index is 13.1. The van der Waals surface area contributed by atoms with Crippen molar-refractivity contribution < 1.29 is 37.0 Å². The first-order valence-corrected chi connectivity index (χ1v) is 14.4. The van der Waals surface area contributed by atoms with E-state index >= 15 is 0 Å². The van der Waals surface area contributed by atoms with Gasteiger partial charge in [-0.25, -0.2) is 18.0 Å². The fraction of sp³-hybridized carbons (Fsp3) is 0.241. The molecule has 4 N–H and O–H groups in total. The molecule has 0 bridgehead atoms. The molecule has 0 radical (unpaired) electrons. The normalized spacial score (nSPS) is 11.2. The number of anilines is 1. The third-order valence-corrected chi connectivity index (χ3v) is 7.22. The van der Waals surface area contributed by atoms with Crippen molar-refractivity contribution in [3.05, 3.63) is 72.3 Å². The van der Waals surface area contributed by atoms with Gasteiger partial charge in [0.05, 0.1) is 29.4 Å². The number of hydrogen-bond acceptors (Lipinski definition) is 9. The van der Waals surface area contributed by atoms with E-state index in [1.165, 1.54) is 24.3 Å². The summed E-state index contributed by atoms with van der Waals surface area (Å²) in [5.41, 5.74) is 8.51. The molecule has 0 fully saturated rings. The summed E-state index contributed by atoms with van der Waals surface area (Å²) in [6.45, 7) is 4.07. The van der Waals surface area contributed by atoms with Crippen molar-refractivity contribution in [2.45, 2.75) is 18.7 Å². The maximum Gasteiger partial charge on any atom is 0.344 e. The zero-order valence-electron chi connectivity index (χ0n) is 22.6.